The van der Waals surface area contributed by atoms with Crippen molar-refractivity contribution in [3.05, 3.63) is 35.9 Å². The van der Waals surface area contributed by atoms with Gasteiger partial charge < -0.3 is 10.2 Å². The molecule has 0 spiro atoms. The molecule has 1 heterocycles. The summed E-state index contributed by atoms with van der Waals surface area (Å²) in [6.07, 6.45) is 6.56. The van der Waals surface area contributed by atoms with E-state index in [1.54, 1.807) is 0 Å². The van der Waals surface area contributed by atoms with Crippen LogP contribution in [0.3, 0.4) is 0 Å². The van der Waals surface area contributed by atoms with E-state index in [0.717, 1.165) is 51.6 Å². The first kappa shape index (κ1) is 18.0. The summed E-state index contributed by atoms with van der Waals surface area (Å²) in [5, 5.41) is 3.09. The molecule has 1 aromatic rings. The number of nitrogens with one attached hydrogen (secondary N) is 1. The summed E-state index contributed by atoms with van der Waals surface area (Å²) in [5.74, 6) is 0.941. The largest absolute Gasteiger partial charge is 0.353 e. The predicted octanol–water partition coefficient (Wildman–Crippen LogP) is 3.16. The number of likely N-dealkylation sites (tertiary alicyclic amines) is 1. The fraction of sp³-hybridized carbons (Fsp3) is 0.619. The average Bonchev–Trinajstić information content (AvgIpc) is 3.45. The molecule has 0 bridgehead atoms. The van der Waals surface area contributed by atoms with Crippen LogP contribution in [-0.4, -0.2) is 35.8 Å². The van der Waals surface area contributed by atoms with Crippen molar-refractivity contribution in [3.8, 4) is 0 Å². The van der Waals surface area contributed by atoms with E-state index in [0.29, 0.717) is 18.4 Å². The third kappa shape index (κ3) is 5.58. The fourth-order valence-corrected chi connectivity index (χ4v) is 3.52. The van der Waals surface area contributed by atoms with Crippen LogP contribution >= 0.6 is 0 Å². The quantitative estimate of drug-likeness (QED) is 0.827. The smallest absolute Gasteiger partial charge is 0.223 e. The number of benzene rings is 1. The summed E-state index contributed by atoms with van der Waals surface area (Å²) in [6, 6.07) is 10.9. The third-order valence-electron chi connectivity index (χ3n) is 5.43. The third-order valence-corrected chi connectivity index (χ3v) is 5.43. The molecule has 4 heteroatoms. The van der Waals surface area contributed by atoms with Gasteiger partial charge in [-0.25, -0.2) is 0 Å². The van der Waals surface area contributed by atoms with Gasteiger partial charge in [-0.1, -0.05) is 37.3 Å². The van der Waals surface area contributed by atoms with E-state index in [2.05, 4.69) is 36.5 Å². The molecule has 1 aliphatic heterocycles. The lowest BCUT2D eigenvalue weighted by Crippen LogP contribution is -2.43. The van der Waals surface area contributed by atoms with Gasteiger partial charge in [0.15, 0.2) is 0 Å². The van der Waals surface area contributed by atoms with Gasteiger partial charge in [0, 0.05) is 31.5 Å². The molecule has 25 heavy (non-hydrogen) atoms. The van der Waals surface area contributed by atoms with Crippen LogP contribution in [0, 0.1) is 11.8 Å². The van der Waals surface area contributed by atoms with E-state index in [1.165, 1.54) is 5.56 Å². The summed E-state index contributed by atoms with van der Waals surface area (Å²) in [6.45, 7) is 3.62. The Morgan fingerprint density at radius 3 is 2.44 bits per heavy atom. The number of piperidine rings is 1. The van der Waals surface area contributed by atoms with E-state index < -0.39 is 0 Å². The Morgan fingerprint density at radius 1 is 1.12 bits per heavy atom. The lowest BCUT2D eigenvalue weighted by Gasteiger charge is -2.32. The summed E-state index contributed by atoms with van der Waals surface area (Å²) in [7, 11) is 0. The molecule has 3 rings (SSSR count). The Labute approximate surface area is 151 Å². The van der Waals surface area contributed by atoms with Gasteiger partial charge in [0.05, 0.1) is 0 Å². The normalized spacial score (nSPS) is 19.5. The van der Waals surface area contributed by atoms with Crippen LogP contribution in [0.1, 0.15) is 51.0 Å². The van der Waals surface area contributed by atoms with Crippen LogP contribution < -0.4 is 5.32 Å². The van der Waals surface area contributed by atoms with E-state index in [9.17, 15) is 9.59 Å². The first-order valence-corrected chi connectivity index (χ1v) is 9.74. The molecule has 1 aliphatic carbocycles. The number of amides is 2. The standard InChI is InChI=1S/C21H30N2O2/c1-16(7-8-17-5-3-2-4-6-17)15-20(24)23-13-11-18(12-14-23)21(25)22-19-9-10-19/h2-6,16,18-19H,7-15H2,1H3,(H,22,25)/t16-/m0/s1. The number of carbonyl (C=O) groups excluding carboxylic acids is 2. The lowest BCUT2D eigenvalue weighted by molar-refractivity contribution is -0.136. The van der Waals surface area contributed by atoms with Gasteiger partial charge in [-0.15, -0.1) is 0 Å². The molecule has 2 fully saturated rings. The van der Waals surface area contributed by atoms with Gasteiger partial charge in [-0.05, 0) is 50.0 Å². The monoisotopic (exact) mass is 342 g/mol. The molecule has 1 saturated heterocycles. The van der Waals surface area contributed by atoms with E-state index in [4.69, 9.17) is 0 Å². The highest BCUT2D eigenvalue weighted by Gasteiger charge is 2.31. The SMILES string of the molecule is C[C@@H](CCc1ccccc1)CC(=O)N1CCC(C(=O)NC2CC2)CC1. The minimum absolute atomic E-state index is 0.0974. The second-order valence-electron chi connectivity index (χ2n) is 7.77. The molecule has 0 unspecified atom stereocenters. The molecule has 0 aromatic heterocycles. The van der Waals surface area contributed by atoms with E-state index >= 15 is 0 Å². The van der Waals surface area contributed by atoms with Crippen LogP contribution in [0.25, 0.3) is 0 Å². The van der Waals surface area contributed by atoms with Crippen molar-refractivity contribution in [1.82, 2.24) is 10.2 Å². The first-order chi connectivity index (χ1) is 12.1. The molecule has 1 atom stereocenters. The van der Waals surface area contributed by atoms with Crippen molar-refractivity contribution in [1.29, 1.82) is 0 Å². The van der Waals surface area contributed by atoms with Crippen molar-refractivity contribution in [3.63, 3.8) is 0 Å². The zero-order valence-electron chi connectivity index (χ0n) is 15.2. The Balaban J connectivity index is 1.36. The van der Waals surface area contributed by atoms with Gasteiger partial charge in [0.2, 0.25) is 11.8 Å². The summed E-state index contributed by atoms with van der Waals surface area (Å²) in [5.41, 5.74) is 1.34. The number of rotatable bonds is 7. The number of aryl methyl sites for hydroxylation is 1. The highest BCUT2D eigenvalue weighted by atomic mass is 16.2. The highest BCUT2D eigenvalue weighted by Crippen LogP contribution is 2.23. The van der Waals surface area contributed by atoms with Crippen molar-refractivity contribution < 1.29 is 9.59 Å². The molecule has 2 amide bonds. The molecule has 136 valence electrons. The van der Waals surface area contributed by atoms with Crippen molar-refractivity contribution in [2.24, 2.45) is 11.8 Å². The van der Waals surface area contributed by atoms with Crippen molar-refractivity contribution in [2.75, 3.05) is 13.1 Å². The Morgan fingerprint density at radius 2 is 1.80 bits per heavy atom. The number of hydrogen-bond donors (Lipinski definition) is 1. The fourth-order valence-electron chi connectivity index (χ4n) is 3.52. The molecule has 0 radical (unpaired) electrons. The van der Waals surface area contributed by atoms with Gasteiger partial charge in [-0.2, -0.15) is 0 Å². The Kier molecular flexibility index (Phi) is 6.11. The molecule has 1 aromatic carbocycles. The second-order valence-corrected chi connectivity index (χ2v) is 7.77. The predicted molar refractivity (Wildman–Crippen MR) is 99.0 cm³/mol. The molecular weight excluding hydrogens is 312 g/mol. The minimum Gasteiger partial charge on any atom is -0.353 e. The summed E-state index contributed by atoms with van der Waals surface area (Å²) >= 11 is 0. The zero-order chi connectivity index (χ0) is 17.6. The number of nitrogens with zero attached hydrogens (tertiary/aromatic N) is 1. The zero-order valence-corrected chi connectivity index (χ0v) is 15.2. The summed E-state index contributed by atoms with van der Waals surface area (Å²) in [4.78, 5) is 26.6. The van der Waals surface area contributed by atoms with E-state index in [-0.39, 0.29) is 17.7 Å². The Bertz CT molecular complexity index is 575. The van der Waals surface area contributed by atoms with Crippen LogP contribution in [0.2, 0.25) is 0 Å². The minimum atomic E-state index is 0.0974. The number of hydrogen-bond acceptors (Lipinski definition) is 2. The second kappa shape index (κ2) is 8.50. The van der Waals surface area contributed by atoms with Gasteiger partial charge >= 0.3 is 0 Å². The molecule has 2 aliphatic rings. The molecule has 4 nitrogen and oxygen atoms in total. The van der Waals surface area contributed by atoms with Crippen molar-refractivity contribution >= 4 is 11.8 Å². The molecule has 1 N–H and O–H groups in total. The summed E-state index contributed by atoms with van der Waals surface area (Å²) < 4.78 is 0. The molecule has 1 saturated carbocycles. The topological polar surface area (TPSA) is 49.4 Å². The van der Waals surface area contributed by atoms with Crippen molar-refractivity contribution in [2.45, 2.75) is 57.9 Å². The lowest BCUT2D eigenvalue weighted by atomic mass is 9.94. The van der Waals surface area contributed by atoms with Gasteiger partial charge in [-0.3, -0.25) is 9.59 Å². The molecular formula is C21H30N2O2. The maximum atomic E-state index is 12.5. The average molecular weight is 342 g/mol. The maximum absolute atomic E-state index is 12.5. The maximum Gasteiger partial charge on any atom is 0.223 e. The first-order valence-electron chi connectivity index (χ1n) is 9.74. The highest BCUT2D eigenvalue weighted by molar-refractivity contribution is 5.80. The van der Waals surface area contributed by atoms with Gasteiger partial charge in [0.1, 0.15) is 0 Å². The number of carbonyl (C=O) groups is 2. The van der Waals surface area contributed by atoms with Gasteiger partial charge in [0.25, 0.3) is 0 Å². The van der Waals surface area contributed by atoms with Crippen LogP contribution in [0.5, 0.6) is 0 Å². The van der Waals surface area contributed by atoms with Crippen LogP contribution in [0.4, 0.5) is 0 Å². The van der Waals surface area contributed by atoms with Crippen LogP contribution in [0.15, 0.2) is 30.3 Å². The van der Waals surface area contributed by atoms with Crippen LogP contribution in [-0.2, 0) is 16.0 Å². The van der Waals surface area contributed by atoms with E-state index in [1.807, 2.05) is 11.0 Å². The Hall–Kier alpha value is -1.84.